The van der Waals surface area contributed by atoms with Crippen LogP contribution in [-0.4, -0.2) is 46.6 Å². The molecule has 3 aromatic carbocycles. The first-order chi connectivity index (χ1) is 15.8. The molecule has 0 aromatic heterocycles. The van der Waals surface area contributed by atoms with Crippen molar-refractivity contribution in [2.24, 2.45) is 0 Å². The van der Waals surface area contributed by atoms with E-state index in [0.29, 0.717) is 24.5 Å². The van der Waals surface area contributed by atoms with Crippen LogP contribution in [0.5, 0.6) is 11.5 Å². The highest BCUT2D eigenvalue weighted by molar-refractivity contribution is 7.87. The molecule has 0 aliphatic rings. The predicted molar refractivity (Wildman–Crippen MR) is 120 cm³/mol. The first-order valence-electron chi connectivity index (χ1n) is 10.0. The predicted octanol–water partition coefficient (Wildman–Crippen LogP) is 3.89. The molecule has 0 bridgehead atoms. The fourth-order valence-electron chi connectivity index (χ4n) is 3.04. The van der Waals surface area contributed by atoms with Crippen LogP contribution in [0, 0.1) is 5.82 Å². The van der Waals surface area contributed by atoms with E-state index < -0.39 is 15.9 Å². The summed E-state index contributed by atoms with van der Waals surface area (Å²) in [4.78, 5) is 14.5. The molecule has 0 aliphatic carbocycles. The molecule has 0 fully saturated rings. The van der Waals surface area contributed by atoms with E-state index in [0.717, 1.165) is 29.8 Å². The molecule has 0 heterocycles. The minimum absolute atomic E-state index is 0.102. The third-order valence-electron chi connectivity index (χ3n) is 4.77. The molecular formula is C24H24FNO6S. The average Bonchev–Trinajstić information content (AvgIpc) is 2.82. The summed E-state index contributed by atoms with van der Waals surface area (Å²) in [5.74, 6) is -0.0490. The van der Waals surface area contributed by atoms with Crippen molar-refractivity contribution < 1.29 is 31.3 Å². The number of benzene rings is 3. The lowest BCUT2D eigenvalue weighted by Crippen LogP contribution is -2.33. The Morgan fingerprint density at radius 1 is 0.939 bits per heavy atom. The molecule has 33 heavy (non-hydrogen) atoms. The zero-order valence-electron chi connectivity index (χ0n) is 18.2. The Bertz CT molecular complexity index is 1180. The number of carbonyl (C=O) groups excluding carboxylic acids is 1. The fraction of sp³-hybridized carbons (Fsp3) is 0.208. The molecule has 0 saturated carbocycles. The smallest absolute Gasteiger partial charge is 0.339 e. The molecule has 174 valence electrons. The molecular weight excluding hydrogens is 449 g/mol. The summed E-state index contributed by atoms with van der Waals surface area (Å²) in [5, 5.41) is 0. The first-order valence-corrected chi connectivity index (χ1v) is 11.4. The number of halogens is 1. The highest BCUT2D eigenvalue weighted by Crippen LogP contribution is 2.21. The van der Waals surface area contributed by atoms with E-state index in [1.807, 2.05) is 0 Å². The van der Waals surface area contributed by atoms with Crippen molar-refractivity contribution in [1.82, 2.24) is 4.90 Å². The fourth-order valence-corrected chi connectivity index (χ4v) is 3.97. The second-order valence-corrected chi connectivity index (χ2v) is 8.63. The Morgan fingerprint density at radius 3 is 2.27 bits per heavy atom. The summed E-state index contributed by atoms with van der Waals surface area (Å²) >= 11 is 0. The zero-order valence-corrected chi connectivity index (χ0v) is 19.0. The van der Waals surface area contributed by atoms with Gasteiger partial charge in [0.15, 0.2) is 0 Å². The van der Waals surface area contributed by atoms with Crippen LogP contribution in [-0.2, 0) is 21.4 Å². The summed E-state index contributed by atoms with van der Waals surface area (Å²) in [6, 6.07) is 17.6. The van der Waals surface area contributed by atoms with Crippen molar-refractivity contribution in [1.29, 1.82) is 0 Å². The van der Waals surface area contributed by atoms with E-state index in [1.165, 1.54) is 19.2 Å². The maximum Gasteiger partial charge on any atom is 0.339 e. The van der Waals surface area contributed by atoms with E-state index in [9.17, 15) is 17.6 Å². The normalized spacial score (nSPS) is 11.1. The van der Waals surface area contributed by atoms with Gasteiger partial charge in [0.2, 0.25) is 0 Å². The summed E-state index contributed by atoms with van der Waals surface area (Å²) in [6.45, 7) is 1.00. The van der Waals surface area contributed by atoms with E-state index in [2.05, 4.69) is 0 Å². The largest absolute Gasteiger partial charge is 0.497 e. The number of ether oxygens (including phenoxy) is 2. The SMILES string of the molecule is COCCN(Cc1ccc(OS(=O)(=O)c2ccc(F)cc2)cc1)C(=O)c1cccc(OC)c1. The van der Waals surface area contributed by atoms with Crippen LogP contribution in [0.2, 0.25) is 0 Å². The van der Waals surface area contributed by atoms with Crippen LogP contribution >= 0.6 is 0 Å². The number of hydrogen-bond acceptors (Lipinski definition) is 6. The molecule has 0 unspecified atom stereocenters. The van der Waals surface area contributed by atoms with Gasteiger partial charge in [-0.3, -0.25) is 4.79 Å². The Kier molecular flexibility index (Phi) is 8.02. The maximum atomic E-state index is 13.1. The van der Waals surface area contributed by atoms with Crippen molar-refractivity contribution in [2.45, 2.75) is 11.4 Å². The van der Waals surface area contributed by atoms with E-state index in [1.54, 1.807) is 48.4 Å². The molecule has 7 nitrogen and oxygen atoms in total. The third kappa shape index (κ3) is 6.53. The second kappa shape index (κ2) is 10.9. The highest BCUT2D eigenvalue weighted by Gasteiger charge is 2.19. The quantitative estimate of drug-likeness (QED) is 0.416. The number of methoxy groups -OCH3 is 2. The minimum Gasteiger partial charge on any atom is -0.497 e. The van der Waals surface area contributed by atoms with E-state index in [-0.39, 0.29) is 23.1 Å². The number of amides is 1. The van der Waals surface area contributed by atoms with Crippen molar-refractivity contribution >= 4 is 16.0 Å². The molecule has 0 aliphatic heterocycles. The Labute approximate surface area is 192 Å². The summed E-state index contributed by atoms with van der Waals surface area (Å²) < 4.78 is 53.3. The van der Waals surface area contributed by atoms with Crippen molar-refractivity contribution in [3.63, 3.8) is 0 Å². The van der Waals surface area contributed by atoms with Crippen LogP contribution in [0.25, 0.3) is 0 Å². The van der Waals surface area contributed by atoms with Crippen molar-refractivity contribution in [2.75, 3.05) is 27.4 Å². The molecule has 1 amide bonds. The van der Waals surface area contributed by atoms with Crippen molar-refractivity contribution in [3.8, 4) is 11.5 Å². The number of carbonyl (C=O) groups is 1. The summed E-state index contributed by atoms with van der Waals surface area (Å²) in [6.07, 6.45) is 0. The lowest BCUT2D eigenvalue weighted by atomic mass is 10.1. The van der Waals surface area contributed by atoms with Gasteiger partial charge >= 0.3 is 10.1 Å². The van der Waals surface area contributed by atoms with Gasteiger partial charge in [0.25, 0.3) is 5.91 Å². The van der Waals surface area contributed by atoms with Gasteiger partial charge in [-0.2, -0.15) is 8.42 Å². The topological polar surface area (TPSA) is 82.1 Å². The van der Waals surface area contributed by atoms with E-state index in [4.69, 9.17) is 13.7 Å². The molecule has 3 aromatic rings. The van der Waals surface area contributed by atoms with Gasteiger partial charge in [-0.1, -0.05) is 18.2 Å². The standard InChI is InChI=1S/C24H24FNO6S/c1-30-15-14-26(24(27)19-4-3-5-22(16-19)31-2)17-18-6-10-21(11-7-18)32-33(28,29)23-12-8-20(25)9-13-23/h3-13,16H,14-15,17H2,1-2H3. The van der Waals surface area contributed by atoms with Gasteiger partial charge < -0.3 is 18.6 Å². The lowest BCUT2D eigenvalue weighted by Gasteiger charge is -2.23. The number of nitrogens with zero attached hydrogens (tertiary/aromatic N) is 1. The summed E-state index contributed by atoms with van der Waals surface area (Å²) in [5.41, 5.74) is 1.25. The van der Waals surface area contributed by atoms with Gasteiger partial charge in [0.1, 0.15) is 22.2 Å². The van der Waals surface area contributed by atoms with Crippen LogP contribution in [0.15, 0.2) is 77.7 Å². The number of rotatable bonds is 10. The molecule has 0 radical (unpaired) electrons. The second-order valence-electron chi connectivity index (χ2n) is 7.09. The Hall–Kier alpha value is -3.43. The molecule has 3 rings (SSSR count). The first kappa shape index (κ1) is 24.2. The van der Waals surface area contributed by atoms with Gasteiger partial charge in [-0.25, -0.2) is 4.39 Å². The van der Waals surface area contributed by atoms with E-state index >= 15 is 0 Å². The zero-order chi connectivity index (χ0) is 23.8. The van der Waals surface area contributed by atoms with Crippen molar-refractivity contribution in [3.05, 3.63) is 89.7 Å². The van der Waals surface area contributed by atoms with Gasteiger partial charge in [-0.05, 0) is 60.2 Å². The number of hydrogen-bond donors (Lipinski definition) is 0. The van der Waals surface area contributed by atoms with Crippen LogP contribution in [0.3, 0.4) is 0 Å². The van der Waals surface area contributed by atoms with Crippen LogP contribution < -0.4 is 8.92 Å². The highest BCUT2D eigenvalue weighted by atomic mass is 32.2. The van der Waals surface area contributed by atoms with Gasteiger partial charge in [-0.15, -0.1) is 0 Å². The van der Waals surface area contributed by atoms with Gasteiger partial charge in [0.05, 0.1) is 13.7 Å². The Balaban J connectivity index is 1.73. The summed E-state index contributed by atoms with van der Waals surface area (Å²) in [7, 11) is -1.00. The molecule has 0 N–H and O–H groups in total. The van der Waals surface area contributed by atoms with Gasteiger partial charge in [0, 0.05) is 25.8 Å². The Morgan fingerprint density at radius 2 is 1.64 bits per heavy atom. The molecule has 0 spiro atoms. The molecule has 0 saturated heterocycles. The minimum atomic E-state index is -4.09. The van der Waals surface area contributed by atoms with Crippen LogP contribution in [0.1, 0.15) is 15.9 Å². The average molecular weight is 474 g/mol. The molecule has 0 atom stereocenters. The lowest BCUT2D eigenvalue weighted by molar-refractivity contribution is 0.0680. The monoisotopic (exact) mass is 473 g/mol. The molecule has 9 heteroatoms. The maximum absolute atomic E-state index is 13.1. The third-order valence-corrected chi connectivity index (χ3v) is 6.04. The van der Waals surface area contributed by atoms with Crippen LogP contribution in [0.4, 0.5) is 4.39 Å².